The largest absolute Gasteiger partial charge is 0.481 e. The molecule has 20 heavy (non-hydrogen) atoms. The van der Waals surface area contributed by atoms with Gasteiger partial charge in [0.05, 0.1) is 7.11 Å². The number of aryl methyl sites for hydroxylation is 1. The van der Waals surface area contributed by atoms with Gasteiger partial charge < -0.3 is 14.5 Å². The zero-order valence-corrected chi connectivity index (χ0v) is 12.4. The first-order valence-corrected chi connectivity index (χ1v) is 7.09. The molecule has 2 saturated heterocycles. The molecule has 2 aliphatic heterocycles. The summed E-state index contributed by atoms with van der Waals surface area (Å²) in [5.74, 6) is 0.637. The van der Waals surface area contributed by atoms with E-state index in [0.717, 1.165) is 32.6 Å². The minimum atomic E-state index is 0.0235. The summed E-state index contributed by atoms with van der Waals surface area (Å²) in [6.45, 7) is 3.93. The maximum atomic E-state index is 12.5. The first kappa shape index (κ1) is 13.4. The predicted octanol–water partition coefficient (Wildman–Crippen LogP) is 0.596. The third kappa shape index (κ3) is 2.18. The van der Waals surface area contributed by atoms with Crippen molar-refractivity contribution in [2.75, 3.05) is 40.3 Å². The fourth-order valence-electron chi connectivity index (χ4n) is 3.51. The first-order valence-electron chi connectivity index (χ1n) is 7.09. The van der Waals surface area contributed by atoms with E-state index < -0.39 is 0 Å². The first-order chi connectivity index (χ1) is 9.53. The molecule has 6 heteroatoms. The lowest BCUT2D eigenvalue weighted by Gasteiger charge is -2.23. The summed E-state index contributed by atoms with van der Waals surface area (Å²) in [7, 11) is 5.53. The Morgan fingerprint density at radius 2 is 2.05 bits per heavy atom. The van der Waals surface area contributed by atoms with E-state index in [-0.39, 0.29) is 5.91 Å². The molecule has 0 saturated carbocycles. The van der Waals surface area contributed by atoms with Gasteiger partial charge in [-0.15, -0.1) is 0 Å². The highest BCUT2D eigenvalue weighted by Crippen LogP contribution is 2.39. The zero-order chi connectivity index (χ0) is 14.3. The van der Waals surface area contributed by atoms with E-state index in [1.807, 2.05) is 4.90 Å². The fourth-order valence-corrected chi connectivity index (χ4v) is 3.51. The van der Waals surface area contributed by atoms with Gasteiger partial charge in [0.1, 0.15) is 0 Å². The van der Waals surface area contributed by atoms with E-state index in [2.05, 4.69) is 17.0 Å². The topological polar surface area (TPSA) is 50.6 Å². The van der Waals surface area contributed by atoms with Gasteiger partial charge in [-0.3, -0.25) is 4.79 Å². The summed E-state index contributed by atoms with van der Waals surface area (Å²) < 4.78 is 6.77. The van der Waals surface area contributed by atoms with Crippen LogP contribution in [0, 0.1) is 5.41 Å². The molecular weight excluding hydrogens is 256 g/mol. The van der Waals surface area contributed by atoms with E-state index in [9.17, 15) is 4.79 Å². The predicted molar refractivity (Wildman–Crippen MR) is 74.8 cm³/mol. The molecule has 0 N–H and O–H groups in total. The van der Waals surface area contributed by atoms with E-state index in [4.69, 9.17) is 4.74 Å². The lowest BCUT2D eigenvalue weighted by atomic mass is 9.86. The van der Waals surface area contributed by atoms with Crippen LogP contribution in [0.25, 0.3) is 0 Å². The van der Waals surface area contributed by atoms with Gasteiger partial charge in [-0.2, -0.15) is 5.10 Å². The van der Waals surface area contributed by atoms with Crippen LogP contribution in [-0.4, -0.2) is 65.8 Å². The van der Waals surface area contributed by atoms with Gasteiger partial charge in [0.2, 0.25) is 5.88 Å². The second kappa shape index (κ2) is 4.77. The lowest BCUT2D eigenvalue weighted by Crippen LogP contribution is -2.33. The number of amides is 1. The van der Waals surface area contributed by atoms with Gasteiger partial charge in [-0.1, -0.05) is 0 Å². The van der Waals surface area contributed by atoms with E-state index >= 15 is 0 Å². The molecule has 1 aromatic heterocycles. The Morgan fingerprint density at radius 1 is 1.30 bits per heavy atom. The molecule has 3 heterocycles. The number of methoxy groups -OCH3 is 1. The third-order valence-electron chi connectivity index (χ3n) is 4.62. The van der Waals surface area contributed by atoms with Gasteiger partial charge >= 0.3 is 0 Å². The van der Waals surface area contributed by atoms with Crippen LogP contribution in [-0.2, 0) is 7.05 Å². The number of ether oxygens (including phenoxy) is 1. The van der Waals surface area contributed by atoms with Crippen LogP contribution < -0.4 is 4.74 Å². The van der Waals surface area contributed by atoms with Crippen LogP contribution in [0.5, 0.6) is 5.88 Å². The second-order valence-corrected chi connectivity index (χ2v) is 6.16. The quantitative estimate of drug-likeness (QED) is 0.795. The maximum Gasteiger partial charge on any atom is 0.274 e. The Hall–Kier alpha value is -1.56. The highest BCUT2D eigenvalue weighted by Gasteiger charge is 2.44. The van der Waals surface area contributed by atoms with Crippen molar-refractivity contribution in [3.8, 4) is 5.88 Å². The van der Waals surface area contributed by atoms with Crippen LogP contribution in [0.3, 0.4) is 0 Å². The summed E-state index contributed by atoms with van der Waals surface area (Å²) in [6, 6.07) is 1.72. The molecule has 1 amide bonds. The molecule has 0 bridgehead atoms. The summed E-state index contributed by atoms with van der Waals surface area (Å²) in [4.78, 5) is 16.8. The molecule has 1 spiro atoms. The van der Waals surface area contributed by atoms with E-state index in [1.54, 1.807) is 24.9 Å². The number of hydrogen-bond acceptors (Lipinski definition) is 4. The standard InChI is InChI=1S/C14H22N4O2/c1-16-6-4-14(9-16)5-7-18(10-14)13(19)11-8-12(20-3)17(2)15-11/h8H,4-7,9-10H2,1-3H3. The molecule has 110 valence electrons. The molecule has 6 nitrogen and oxygen atoms in total. The summed E-state index contributed by atoms with van der Waals surface area (Å²) in [6.07, 6.45) is 2.30. The van der Waals surface area contributed by atoms with Gasteiger partial charge in [0, 0.05) is 38.2 Å². The molecule has 1 unspecified atom stereocenters. The number of nitrogens with zero attached hydrogens (tertiary/aromatic N) is 4. The van der Waals surface area contributed by atoms with Gasteiger partial charge in [-0.25, -0.2) is 4.68 Å². The van der Waals surface area contributed by atoms with Crippen LogP contribution in [0.15, 0.2) is 6.07 Å². The third-order valence-corrected chi connectivity index (χ3v) is 4.62. The number of hydrogen-bond donors (Lipinski definition) is 0. The van der Waals surface area contributed by atoms with E-state index in [1.165, 1.54) is 6.42 Å². The van der Waals surface area contributed by atoms with Crippen molar-refractivity contribution in [1.82, 2.24) is 19.6 Å². The monoisotopic (exact) mass is 278 g/mol. The molecule has 0 aliphatic carbocycles. The summed E-state index contributed by atoms with van der Waals surface area (Å²) in [5, 5.41) is 4.25. The van der Waals surface area contributed by atoms with Gasteiger partial charge in [-0.05, 0) is 26.4 Å². The van der Waals surface area contributed by atoms with Gasteiger partial charge in [0.25, 0.3) is 5.91 Å². The Bertz CT molecular complexity index is 527. The minimum Gasteiger partial charge on any atom is -0.481 e. The summed E-state index contributed by atoms with van der Waals surface area (Å²) >= 11 is 0. The van der Waals surface area contributed by atoms with Gasteiger partial charge in [0.15, 0.2) is 5.69 Å². The van der Waals surface area contributed by atoms with Crippen molar-refractivity contribution < 1.29 is 9.53 Å². The van der Waals surface area contributed by atoms with Crippen molar-refractivity contribution >= 4 is 5.91 Å². The average Bonchev–Trinajstić information content (AvgIpc) is 3.10. The second-order valence-electron chi connectivity index (χ2n) is 6.16. The lowest BCUT2D eigenvalue weighted by molar-refractivity contribution is 0.0767. The smallest absolute Gasteiger partial charge is 0.274 e. The Labute approximate surface area is 119 Å². The molecule has 1 atom stereocenters. The molecule has 0 aromatic carbocycles. The molecule has 3 rings (SSSR count). The molecule has 2 aliphatic rings. The van der Waals surface area contributed by atoms with Crippen LogP contribution in [0.4, 0.5) is 0 Å². The highest BCUT2D eigenvalue weighted by atomic mass is 16.5. The van der Waals surface area contributed by atoms with Crippen molar-refractivity contribution in [3.63, 3.8) is 0 Å². The number of rotatable bonds is 2. The molecule has 1 aromatic rings. The van der Waals surface area contributed by atoms with Crippen molar-refractivity contribution in [3.05, 3.63) is 11.8 Å². The Morgan fingerprint density at radius 3 is 2.65 bits per heavy atom. The van der Waals surface area contributed by atoms with Crippen molar-refractivity contribution in [1.29, 1.82) is 0 Å². The molecule has 2 fully saturated rings. The highest BCUT2D eigenvalue weighted by molar-refractivity contribution is 5.92. The van der Waals surface area contributed by atoms with Crippen LogP contribution in [0.1, 0.15) is 23.3 Å². The number of carbonyl (C=O) groups excluding carboxylic acids is 1. The average molecular weight is 278 g/mol. The van der Waals surface area contributed by atoms with Crippen molar-refractivity contribution in [2.24, 2.45) is 12.5 Å². The maximum absolute atomic E-state index is 12.5. The number of carbonyl (C=O) groups is 1. The molecular formula is C14H22N4O2. The van der Waals surface area contributed by atoms with Crippen molar-refractivity contribution in [2.45, 2.75) is 12.8 Å². The van der Waals surface area contributed by atoms with Crippen LogP contribution in [0.2, 0.25) is 0 Å². The number of likely N-dealkylation sites (tertiary alicyclic amines) is 2. The number of aromatic nitrogens is 2. The molecule has 0 radical (unpaired) electrons. The van der Waals surface area contributed by atoms with Crippen LogP contribution >= 0.6 is 0 Å². The Balaban J connectivity index is 1.72. The van der Waals surface area contributed by atoms with E-state index in [0.29, 0.717) is 17.0 Å². The summed E-state index contributed by atoms with van der Waals surface area (Å²) in [5.41, 5.74) is 0.788. The normalized spacial score (nSPS) is 26.6. The minimum absolute atomic E-state index is 0.0235. The SMILES string of the molecule is COc1cc(C(=O)N2CCC3(CCN(C)C3)C2)nn1C. The fraction of sp³-hybridized carbons (Fsp3) is 0.714. The zero-order valence-electron chi connectivity index (χ0n) is 12.4. The Kier molecular flexibility index (Phi) is 3.20.